The first-order chi connectivity index (χ1) is 14.5. The number of rotatable bonds is 3. The van der Waals surface area contributed by atoms with Crippen LogP contribution in [0.3, 0.4) is 0 Å². The number of carbonyl (C=O) groups excluding carboxylic acids is 1. The molecule has 0 amide bonds. The topological polar surface area (TPSA) is 50.2 Å². The van der Waals surface area contributed by atoms with E-state index < -0.39 is 0 Å². The van der Waals surface area contributed by atoms with Crippen LogP contribution in [0.15, 0.2) is 42.8 Å². The van der Waals surface area contributed by atoms with Crippen LogP contribution in [0.2, 0.25) is 0 Å². The molecular weight excluding hydrogens is 382 g/mol. The molecule has 1 aromatic heterocycles. The second-order valence-corrected chi connectivity index (χ2v) is 10.5. The van der Waals surface area contributed by atoms with Crippen LogP contribution in [-0.2, 0) is 15.6 Å². The van der Waals surface area contributed by atoms with Crippen molar-refractivity contribution in [2.45, 2.75) is 77.6 Å². The van der Waals surface area contributed by atoms with E-state index in [-0.39, 0.29) is 22.4 Å². The lowest BCUT2D eigenvalue weighted by atomic mass is 9.62. The Hall–Kier alpha value is -2.68. The highest BCUT2D eigenvalue weighted by Crippen LogP contribution is 2.47. The molecule has 3 nitrogen and oxygen atoms in total. The third-order valence-corrected chi connectivity index (χ3v) is 7.27. The summed E-state index contributed by atoms with van der Waals surface area (Å²) >= 11 is 0. The predicted octanol–water partition coefficient (Wildman–Crippen LogP) is 6.82. The average Bonchev–Trinajstić information content (AvgIpc) is 2.71. The van der Waals surface area contributed by atoms with Crippen molar-refractivity contribution in [3.63, 3.8) is 0 Å². The molecule has 0 radical (unpaired) electrons. The second-order valence-electron chi connectivity index (χ2n) is 10.5. The number of carbonyl (C=O) groups is 1. The summed E-state index contributed by atoms with van der Waals surface area (Å²) in [5, 5.41) is 10.2. The van der Waals surface area contributed by atoms with Gasteiger partial charge in [-0.3, -0.25) is 9.78 Å². The number of benzene rings is 1. The van der Waals surface area contributed by atoms with Crippen LogP contribution < -0.4 is 0 Å². The smallest absolute Gasteiger partial charge is 0.166 e. The first kappa shape index (κ1) is 21.5. The number of fused-ring (bicyclic) bond motifs is 1. The maximum Gasteiger partial charge on any atom is 0.166 e. The van der Waals surface area contributed by atoms with Crippen molar-refractivity contribution >= 4 is 16.9 Å². The zero-order valence-corrected chi connectivity index (χ0v) is 19.4. The van der Waals surface area contributed by atoms with Crippen molar-refractivity contribution in [1.82, 2.24) is 4.98 Å². The van der Waals surface area contributed by atoms with Crippen molar-refractivity contribution in [3.8, 4) is 0 Å². The molecule has 162 valence electrons. The lowest BCUT2D eigenvalue weighted by Crippen LogP contribution is -2.34. The number of allylic oxidation sites excluding steroid dienone is 2. The van der Waals surface area contributed by atoms with Crippen molar-refractivity contribution in [3.05, 3.63) is 76.3 Å². The summed E-state index contributed by atoms with van der Waals surface area (Å²) < 4.78 is 0. The van der Waals surface area contributed by atoms with Gasteiger partial charge in [0, 0.05) is 30.2 Å². The molecule has 0 spiro atoms. The van der Waals surface area contributed by atoms with Crippen molar-refractivity contribution in [2.75, 3.05) is 0 Å². The van der Waals surface area contributed by atoms with E-state index in [2.05, 4.69) is 58.3 Å². The Balaban J connectivity index is 1.72. The van der Waals surface area contributed by atoms with Crippen LogP contribution in [0.1, 0.15) is 93.3 Å². The van der Waals surface area contributed by atoms with Gasteiger partial charge in [-0.25, -0.2) is 0 Å². The van der Waals surface area contributed by atoms with E-state index in [1.54, 1.807) is 6.20 Å². The molecular formula is C28H33NO2. The molecule has 1 aromatic carbocycles. The number of aryl methyl sites for hydroxylation is 1. The fourth-order valence-electron chi connectivity index (χ4n) is 5.06. The van der Waals surface area contributed by atoms with Crippen LogP contribution in [0.25, 0.3) is 11.1 Å². The fraction of sp³-hybridized carbons (Fsp3) is 0.429. The molecule has 0 unspecified atom stereocenters. The molecule has 0 saturated carbocycles. The van der Waals surface area contributed by atoms with Gasteiger partial charge >= 0.3 is 0 Å². The molecule has 0 fully saturated rings. The highest BCUT2D eigenvalue weighted by Gasteiger charge is 2.37. The molecule has 1 heterocycles. The predicted molar refractivity (Wildman–Crippen MR) is 127 cm³/mol. The monoisotopic (exact) mass is 415 g/mol. The van der Waals surface area contributed by atoms with Gasteiger partial charge in [0.1, 0.15) is 5.76 Å². The summed E-state index contributed by atoms with van der Waals surface area (Å²) in [6, 6.07) is 8.45. The SMILES string of the molecule is C=C(c1ccc(C2=C(O)CCCC2=O)cn1)c1cc2c(cc1C)C(C)(C)CCC2(C)C. The Morgan fingerprint density at radius 1 is 1.03 bits per heavy atom. The van der Waals surface area contributed by atoms with Gasteiger partial charge in [-0.15, -0.1) is 0 Å². The van der Waals surface area contributed by atoms with Crippen molar-refractivity contribution in [1.29, 1.82) is 0 Å². The summed E-state index contributed by atoms with van der Waals surface area (Å²) in [6.07, 6.45) is 5.79. The van der Waals surface area contributed by atoms with E-state index in [4.69, 9.17) is 0 Å². The van der Waals surface area contributed by atoms with Gasteiger partial charge in [0.15, 0.2) is 5.78 Å². The third kappa shape index (κ3) is 3.75. The highest BCUT2D eigenvalue weighted by atomic mass is 16.3. The molecule has 2 aliphatic rings. The van der Waals surface area contributed by atoms with E-state index in [1.807, 2.05) is 12.1 Å². The second kappa shape index (κ2) is 7.47. The van der Waals surface area contributed by atoms with Gasteiger partial charge < -0.3 is 5.11 Å². The molecule has 0 atom stereocenters. The van der Waals surface area contributed by atoms with Crippen molar-refractivity contribution < 1.29 is 9.90 Å². The summed E-state index contributed by atoms with van der Waals surface area (Å²) in [6.45, 7) is 15.9. The van der Waals surface area contributed by atoms with Crippen LogP contribution in [-0.4, -0.2) is 15.9 Å². The lowest BCUT2D eigenvalue weighted by molar-refractivity contribution is -0.114. The molecule has 4 rings (SSSR count). The molecule has 0 bridgehead atoms. The number of hydrogen-bond acceptors (Lipinski definition) is 3. The minimum Gasteiger partial charge on any atom is -0.512 e. The fourth-order valence-corrected chi connectivity index (χ4v) is 5.06. The number of nitrogens with zero attached hydrogens (tertiary/aromatic N) is 1. The molecule has 0 aliphatic heterocycles. The Morgan fingerprint density at radius 2 is 1.68 bits per heavy atom. The van der Waals surface area contributed by atoms with Gasteiger partial charge in [0.25, 0.3) is 0 Å². The number of hydrogen-bond donors (Lipinski definition) is 1. The van der Waals surface area contributed by atoms with E-state index in [0.29, 0.717) is 30.4 Å². The van der Waals surface area contributed by atoms with E-state index in [9.17, 15) is 9.90 Å². The molecule has 1 N–H and O–H groups in total. The van der Waals surface area contributed by atoms with E-state index in [1.165, 1.54) is 29.5 Å². The van der Waals surface area contributed by atoms with Crippen LogP contribution in [0.4, 0.5) is 0 Å². The normalized spacial score (nSPS) is 19.8. The molecule has 2 aliphatic carbocycles. The third-order valence-electron chi connectivity index (χ3n) is 7.27. The summed E-state index contributed by atoms with van der Waals surface area (Å²) in [5.41, 5.74) is 8.29. The number of ketones is 1. The van der Waals surface area contributed by atoms with Crippen LogP contribution in [0.5, 0.6) is 0 Å². The number of Topliss-reactive ketones (excluding diaryl/α,β-unsaturated/α-hetero) is 1. The maximum absolute atomic E-state index is 12.3. The maximum atomic E-state index is 12.3. The quantitative estimate of drug-likeness (QED) is 0.598. The number of aliphatic hydroxyl groups excluding tert-OH is 1. The van der Waals surface area contributed by atoms with Gasteiger partial charge in [0.2, 0.25) is 0 Å². The average molecular weight is 416 g/mol. The number of aliphatic hydroxyl groups is 1. The first-order valence-electron chi connectivity index (χ1n) is 11.3. The number of aromatic nitrogens is 1. The minimum absolute atomic E-state index is 0.00694. The standard InChI is InChI=1S/C28H33NO2/c1-17-14-21-22(28(5,6)13-12-27(21,3)4)15-20(17)18(2)23-11-10-19(16-29-23)26-24(30)8-7-9-25(26)31/h10-11,14-16,30H,2,7-9,12-13H2,1,3-6H3. The van der Waals surface area contributed by atoms with Gasteiger partial charge in [-0.05, 0) is 71.4 Å². The summed E-state index contributed by atoms with van der Waals surface area (Å²) in [5.74, 6) is 0.174. The molecule has 31 heavy (non-hydrogen) atoms. The Morgan fingerprint density at radius 3 is 2.26 bits per heavy atom. The number of pyridine rings is 1. The van der Waals surface area contributed by atoms with Gasteiger partial charge in [0.05, 0.1) is 11.3 Å². The summed E-state index contributed by atoms with van der Waals surface area (Å²) in [7, 11) is 0. The molecule has 0 saturated heterocycles. The van der Waals surface area contributed by atoms with Gasteiger partial charge in [-0.2, -0.15) is 0 Å². The zero-order valence-electron chi connectivity index (χ0n) is 19.4. The highest BCUT2D eigenvalue weighted by molar-refractivity contribution is 6.21. The van der Waals surface area contributed by atoms with E-state index in [0.717, 1.165) is 16.8 Å². The van der Waals surface area contributed by atoms with Crippen molar-refractivity contribution in [2.24, 2.45) is 0 Å². The summed E-state index contributed by atoms with van der Waals surface area (Å²) in [4.78, 5) is 16.9. The largest absolute Gasteiger partial charge is 0.512 e. The Labute approximate surface area is 185 Å². The van der Waals surface area contributed by atoms with Crippen LogP contribution >= 0.6 is 0 Å². The minimum atomic E-state index is -0.00694. The molecule has 2 aromatic rings. The molecule has 3 heteroatoms. The Bertz CT molecular complexity index is 1100. The lowest BCUT2D eigenvalue weighted by Gasteiger charge is -2.42. The Kier molecular flexibility index (Phi) is 5.20. The van der Waals surface area contributed by atoms with Gasteiger partial charge in [-0.1, -0.05) is 46.4 Å². The van der Waals surface area contributed by atoms with E-state index >= 15 is 0 Å². The first-order valence-corrected chi connectivity index (χ1v) is 11.3. The zero-order chi connectivity index (χ0) is 22.6. The van der Waals surface area contributed by atoms with Crippen LogP contribution in [0, 0.1) is 6.92 Å².